The van der Waals surface area contributed by atoms with E-state index in [2.05, 4.69) is 11.0 Å². The third kappa shape index (κ3) is 2.13. The molecular weight excluding hydrogens is 198 g/mol. The standard InChI is InChI=1S/C10H13NO2S/c12-6-3-9-1-2-10(14-9)11-4-7-13-8-5-11/h1-2,6H,3-5,7-8H2. The van der Waals surface area contributed by atoms with Crippen molar-refractivity contribution in [3.8, 4) is 0 Å². The van der Waals surface area contributed by atoms with E-state index in [-0.39, 0.29) is 0 Å². The summed E-state index contributed by atoms with van der Waals surface area (Å²) in [5.74, 6) is 0. The Kier molecular flexibility index (Phi) is 3.16. The number of hydrogen-bond acceptors (Lipinski definition) is 4. The molecule has 0 aromatic carbocycles. The van der Waals surface area contributed by atoms with Gasteiger partial charge in [-0.2, -0.15) is 0 Å². The van der Waals surface area contributed by atoms with Gasteiger partial charge < -0.3 is 14.4 Å². The van der Waals surface area contributed by atoms with E-state index in [0.717, 1.165) is 37.5 Å². The smallest absolute Gasteiger partial charge is 0.125 e. The zero-order valence-corrected chi connectivity index (χ0v) is 8.76. The van der Waals surface area contributed by atoms with Crippen molar-refractivity contribution in [1.29, 1.82) is 0 Å². The van der Waals surface area contributed by atoms with Crippen molar-refractivity contribution in [3.05, 3.63) is 17.0 Å². The zero-order valence-electron chi connectivity index (χ0n) is 7.94. The van der Waals surface area contributed by atoms with E-state index in [1.165, 1.54) is 5.00 Å². The van der Waals surface area contributed by atoms with Crippen LogP contribution in [-0.4, -0.2) is 32.6 Å². The Hall–Kier alpha value is -0.870. The van der Waals surface area contributed by atoms with Crippen LogP contribution in [0.2, 0.25) is 0 Å². The highest BCUT2D eigenvalue weighted by atomic mass is 32.1. The lowest BCUT2D eigenvalue weighted by molar-refractivity contribution is -0.107. The summed E-state index contributed by atoms with van der Waals surface area (Å²) in [6.45, 7) is 3.53. The fraction of sp³-hybridized carbons (Fsp3) is 0.500. The second kappa shape index (κ2) is 4.57. The van der Waals surface area contributed by atoms with Crippen LogP contribution >= 0.6 is 11.3 Å². The fourth-order valence-corrected chi connectivity index (χ4v) is 2.52. The number of carbonyl (C=O) groups is 1. The summed E-state index contributed by atoms with van der Waals surface area (Å²) in [5.41, 5.74) is 0. The molecule has 0 saturated carbocycles. The number of ether oxygens (including phenoxy) is 1. The number of aldehydes is 1. The van der Waals surface area contributed by atoms with Gasteiger partial charge in [-0.25, -0.2) is 0 Å². The predicted octanol–water partition coefficient (Wildman–Crippen LogP) is 1.33. The lowest BCUT2D eigenvalue weighted by atomic mass is 10.3. The highest BCUT2D eigenvalue weighted by Crippen LogP contribution is 2.26. The monoisotopic (exact) mass is 211 g/mol. The zero-order chi connectivity index (χ0) is 9.80. The van der Waals surface area contributed by atoms with Crippen molar-refractivity contribution in [1.82, 2.24) is 0 Å². The lowest BCUT2D eigenvalue weighted by Gasteiger charge is -2.27. The second-order valence-electron chi connectivity index (χ2n) is 3.21. The van der Waals surface area contributed by atoms with Crippen LogP contribution in [0.5, 0.6) is 0 Å². The predicted molar refractivity (Wildman–Crippen MR) is 57.1 cm³/mol. The van der Waals surface area contributed by atoms with E-state index in [9.17, 15) is 4.79 Å². The van der Waals surface area contributed by atoms with Crippen LogP contribution in [-0.2, 0) is 16.0 Å². The molecule has 1 aromatic rings. The SMILES string of the molecule is O=CCc1ccc(N2CCOCC2)s1. The topological polar surface area (TPSA) is 29.5 Å². The molecule has 0 bridgehead atoms. The number of nitrogens with zero attached hydrogens (tertiary/aromatic N) is 1. The van der Waals surface area contributed by atoms with Crippen molar-refractivity contribution >= 4 is 22.6 Å². The summed E-state index contributed by atoms with van der Waals surface area (Å²) >= 11 is 1.70. The molecule has 3 nitrogen and oxygen atoms in total. The minimum atomic E-state index is 0.537. The van der Waals surface area contributed by atoms with E-state index in [4.69, 9.17) is 4.74 Å². The van der Waals surface area contributed by atoms with Gasteiger partial charge in [-0.1, -0.05) is 0 Å². The van der Waals surface area contributed by atoms with Crippen molar-refractivity contribution in [3.63, 3.8) is 0 Å². The van der Waals surface area contributed by atoms with Gasteiger partial charge in [-0.05, 0) is 12.1 Å². The van der Waals surface area contributed by atoms with Gasteiger partial charge in [0, 0.05) is 24.4 Å². The third-order valence-electron chi connectivity index (χ3n) is 2.25. The van der Waals surface area contributed by atoms with Crippen LogP contribution < -0.4 is 4.90 Å². The summed E-state index contributed by atoms with van der Waals surface area (Å²) in [7, 11) is 0. The average Bonchev–Trinajstić information content (AvgIpc) is 2.68. The summed E-state index contributed by atoms with van der Waals surface area (Å²) in [6.07, 6.45) is 1.49. The number of carbonyl (C=O) groups excluding carboxylic acids is 1. The maximum Gasteiger partial charge on any atom is 0.125 e. The fourth-order valence-electron chi connectivity index (χ4n) is 1.51. The van der Waals surface area contributed by atoms with E-state index in [0.29, 0.717) is 6.42 Å². The summed E-state index contributed by atoms with van der Waals surface area (Å²) in [4.78, 5) is 13.8. The summed E-state index contributed by atoms with van der Waals surface area (Å²) in [5, 5.41) is 1.25. The minimum absolute atomic E-state index is 0.537. The van der Waals surface area contributed by atoms with Gasteiger partial charge in [-0.3, -0.25) is 0 Å². The first-order valence-corrected chi connectivity index (χ1v) is 5.57. The van der Waals surface area contributed by atoms with Gasteiger partial charge in [0.05, 0.1) is 18.2 Å². The first kappa shape index (κ1) is 9.68. The molecule has 0 N–H and O–H groups in total. The van der Waals surface area contributed by atoms with Gasteiger partial charge >= 0.3 is 0 Å². The quantitative estimate of drug-likeness (QED) is 0.706. The van der Waals surface area contributed by atoms with Gasteiger partial charge in [0.1, 0.15) is 6.29 Å². The molecular formula is C10H13NO2S. The molecule has 1 saturated heterocycles. The Morgan fingerprint density at radius 2 is 2.21 bits per heavy atom. The number of morpholine rings is 1. The number of thiophene rings is 1. The molecule has 0 aliphatic carbocycles. The van der Waals surface area contributed by atoms with Gasteiger partial charge in [-0.15, -0.1) is 11.3 Å². The second-order valence-corrected chi connectivity index (χ2v) is 4.36. The van der Waals surface area contributed by atoms with Crippen LogP contribution in [0, 0.1) is 0 Å². The molecule has 0 radical (unpaired) electrons. The highest BCUT2D eigenvalue weighted by Gasteiger charge is 2.12. The molecule has 1 aromatic heterocycles. The molecule has 1 aliphatic heterocycles. The average molecular weight is 211 g/mol. The molecule has 0 amide bonds. The number of hydrogen-bond donors (Lipinski definition) is 0. The van der Waals surface area contributed by atoms with Gasteiger partial charge in [0.15, 0.2) is 0 Å². The number of anilines is 1. The van der Waals surface area contributed by atoms with Crippen molar-refractivity contribution in [2.75, 3.05) is 31.2 Å². The highest BCUT2D eigenvalue weighted by molar-refractivity contribution is 7.16. The first-order chi connectivity index (χ1) is 6.90. The van der Waals surface area contributed by atoms with Crippen LogP contribution in [0.1, 0.15) is 4.88 Å². The summed E-state index contributed by atoms with van der Waals surface area (Å²) < 4.78 is 5.28. The maximum absolute atomic E-state index is 10.3. The van der Waals surface area contributed by atoms with Crippen LogP contribution in [0.25, 0.3) is 0 Å². The van der Waals surface area contributed by atoms with E-state index in [1.807, 2.05) is 6.07 Å². The molecule has 0 spiro atoms. The first-order valence-electron chi connectivity index (χ1n) is 4.75. The molecule has 0 unspecified atom stereocenters. The largest absolute Gasteiger partial charge is 0.378 e. The Labute approximate surface area is 87.3 Å². The van der Waals surface area contributed by atoms with Crippen LogP contribution in [0.4, 0.5) is 5.00 Å². The van der Waals surface area contributed by atoms with E-state index in [1.54, 1.807) is 11.3 Å². The third-order valence-corrected chi connectivity index (χ3v) is 3.42. The van der Waals surface area contributed by atoms with Gasteiger partial charge in [0.25, 0.3) is 0 Å². The molecule has 1 fully saturated rings. The van der Waals surface area contributed by atoms with Crippen LogP contribution in [0.15, 0.2) is 12.1 Å². The molecule has 0 atom stereocenters. The van der Waals surface area contributed by atoms with Gasteiger partial charge in [0.2, 0.25) is 0 Å². The Bertz CT molecular complexity index is 305. The maximum atomic E-state index is 10.3. The molecule has 4 heteroatoms. The normalized spacial score (nSPS) is 17.0. The molecule has 2 rings (SSSR count). The molecule has 1 aliphatic rings. The van der Waals surface area contributed by atoms with Crippen molar-refractivity contribution < 1.29 is 9.53 Å². The van der Waals surface area contributed by atoms with Crippen molar-refractivity contribution in [2.24, 2.45) is 0 Å². The Balaban J connectivity index is 2.03. The molecule has 76 valence electrons. The van der Waals surface area contributed by atoms with Crippen LogP contribution in [0.3, 0.4) is 0 Å². The lowest BCUT2D eigenvalue weighted by Crippen LogP contribution is -2.35. The van der Waals surface area contributed by atoms with E-state index >= 15 is 0 Å². The van der Waals surface area contributed by atoms with Crippen molar-refractivity contribution in [2.45, 2.75) is 6.42 Å². The molecule has 14 heavy (non-hydrogen) atoms. The Morgan fingerprint density at radius 1 is 1.43 bits per heavy atom. The summed E-state index contributed by atoms with van der Waals surface area (Å²) in [6, 6.07) is 4.12. The van der Waals surface area contributed by atoms with E-state index < -0.39 is 0 Å². The Morgan fingerprint density at radius 3 is 2.93 bits per heavy atom. The molecule has 2 heterocycles. The minimum Gasteiger partial charge on any atom is -0.378 e. The number of rotatable bonds is 3.